The number of piperidine rings is 2. The number of benzene rings is 4. The number of amides is 6. The highest BCUT2D eigenvalue weighted by Crippen LogP contribution is 2.44. The third-order valence-electron chi connectivity index (χ3n) is 14.0. The van der Waals surface area contributed by atoms with Crippen LogP contribution in [0.3, 0.4) is 0 Å². The van der Waals surface area contributed by atoms with E-state index in [1.165, 1.54) is 0 Å². The van der Waals surface area contributed by atoms with E-state index in [-0.39, 0.29) is 72.5 Å². The minimum Gasteiger partial charge on any atom is -0.475 e. The number of carboxylic acids is 1. The van der Waals surface area contributed by atoms with E-state index < -0.39 is 54.0 Å². The van der Waals surface area contributed by atoms with E-state index in [1.807, 2.05) is 94.4 Å². The predicted octanol–water partition coefficient (Wildman–Crippen LogP) is 6.76. The van der Waals surface area contributed by atoms with Crippen molar-refractivity contribution >= 4 is 63.7 Å². The maximum absolute atomic E-state index is 13.1. The fraction of sp³-hybridized carbons (Fsp3) is 0.407. The average molecular weight is 1090 g/mol. The molecule has 6 aromatic rings. The average Bonchev–Trinajstić information content (AvgIpc) is 4.24. The number of carbonyl (C=O) groups excluding carboxylic acids is 6. The number of alkyl carbamates (subject to hydrolysis) is 1. The van der Waals surface area contributed by atoms with E-state index in [2.05, 4.69) is 76.1 Å². The van der Waals surface area contributed by atoms with Crippen molar-refractivity contribution < 1.29 is 43.4 Å². The van der Waals surface area contributed by atoms with Gasteiger partial charge in [-0.05, 0) is 110 Å². The molecule has 21 nitrogen and oxygen atoms in total. The summed E-state index contributed by atoms with van der Waals surface area (Å²) < 4.78 is 5.62. The summed E-state index contributed by atoms with van der Waals surface area (Å²) in [7, 11) is 0. The van der Waals surface area contributed by atoms with Gasteiger partial charge < -0.3 is 51.7 Å². The lowest BCUT2D eigenvalue weighted by atomic mass is 9.91. The van der Waals surface area contributed by atoms with Gasteiger partial charge in [0.05, 0.1) is 34.2 Å². The van der Waals surface area contributed by atoms with Crippen LogP contribution in [0.15, 0.2) is 97.1 Å². The summed E-state index contributed by atoms with van der Waals surface area (Å²) in [5.41, 5.74) is 7.30. The predicted molar refractivity (Wildman–Crippen MR) is 297 cm³/mol. The van der Waals surface area contributed by atoms with E-state index >= 15 is 0 Å². The molecule has 3 aliphatic rings. The monoisotopic (exact) mass is 1090 g/mol. The molecular weight excluding hydrogens is 1020 g/mol. The van der Waals surface area contributed by atoms with Gasteiger partial charge in [0.25, 0.3) is 5.91 Å². The molecule has 1 aliphatic carbocycles. The third-order valence-corrected chi connectivity index (χ3v) is 14.0. The summed E-state index contributed by atoms with van der Waals surface area (Å²) in [6, 6.07) is 31.5. The highest BCUT2D eigenvalue weighted by molar-refractivity contribution is 5.97. The van der Waals surface area contributed by atoms with Crippen LogP contribution in [0, 0.1) is 46.3 Å². The van der Waals surface area contributed by atoms with Gasteiger partial charge in [-0.15, -0.1) is 0 Å². The number of imidazole rings is 2. The van der Waals surface area contributed by atoms with Crippen molar-refractivity contribution in [2.75, 3.05) is 19.7 Å². The van der Waals surface area contributed by atoms with Gasteiger partial charge in [0.2, 0.25) is 29.5 Å². The molecular formula is C59H68N12O9. The maximum Gasteiger partial charge on any atom is 0.407 e. The highest BCUT2D eigenvalue weighted by Gasteiger charge is 2.33. The number of hydrogen-bond acceptors (Lipinski definition) is 12. The minimum atomic E-state index is -1.04. The molecule has 0 radical (unpaired) electrons. The van der Waals surface area contributed by atoms with Crippen molar-refractivity contribution in [3.05, 3.63) is 120 Å². The Bertz CT molecular complexity index is 3150. The van der Waals surface area contributed by atoms with Crippen LogP contribution in [0.5, 0.6) is 0 Å². The van der Waals surface area contributed by atoms with Crippen LogP contribution < -0.4 is 31.9 Å². The summed E-state index contributed by atoms with van der Waals surface area (Å²) >= 11 is 0. The lowest BCUT2D eigenvalue weighted by Gasteiger charge is -2.25. The largest absolute Gasteiger partial charge is 0.475 e. The lowest BCUT2D eigenvalue weighted by Crippen LogP contribution is -2.51. The standard InChI is InChI=1S/C29H34N4O4.C22H28N6O3.C8H6N2O2/c1-18(2)14-26(28(35)32-20(16-30)15-19-8-7-13-31-27(19)34)33-29(36)37-17-25-23-11-5-3-9-21(23)22-10-4-6-12-24(22)25;1-13(2)10-18(28-22(31)19-26-16-7-3-4-8-17(16)27-19)21(30)25-15(12-23)11-14-6-5-9-24-20(14)29;11-8(12)7-9-5-3-1-2-4-6(5)10-7/h3-6,9-12,18-20,25-26H,7-8,13-15,17H2,1-2H3,(H,31,34)(H,32,35)(H,33,36);3-4,7-8,13-15,18H,5-6,9-11H2,1-2H3,(H,24,29)(H,25,30)(H,26,27)(H,28,31);1-4H,(H,9,10)(H,11,12)/t19-,20-,26-;14-,15-,18-;/m00./s1. The van der Waals surface area contributed by atoms with Crippen LogP contribution in [-0.4, -0.2) is 111 Å². The first-order valence-electron chi connectivity index (χ1n) is 27.0. The molecule has 0 unspecified atom stereocenters. The van der Waals surface area contributed by atoms with Gasteiger partial charge in [-0.3, -0.25) is 24.0 Å². The summed E-state index contributed by atoms with van der Waals surface area (Å²) in [6.45, 7) is 9.22. The number of ether oxygens (including phenoxy) is 1. The molecule has 4 heterocycles. The van der Waals surface area contributed by atoms with Crippen LogP contribution in [0.25, 0.3) is 33.2 Å². The van der Waals surface area contributed by atoms with Gasteiger partial charge in [-0.2, -0.15) is 10.5 Å². The van der Waals surface area contributed by atoms with E-state index in [0.29, 0.717) is 49.8 Å². The number of aromatic nitrogens is 4. The first kappa shape index (κ1) is 58.6. The fourth-order valence-corrected chi connectivity index (χ4v) is 10.1. The summed E-state index contributed by atoms with van der Waals surface area (Å²) in [5.74, 6) is -2.92. The van der Waals surface area contributed by atoms with Crippen molar-refractivity contribution in [3.8, 4) is 23.3 Å². The highest BCUT2D eigenvalue weighted by atomic mass is 16.5. The Morgan fingerprint density at radius 1 is 0.625 bits per heavy atom. The number of fused-ring (bicyclic) bond motifs is 5. The molecule has 2 aromatic heterocycles. The number of nitrogens with zero attached hydrogens (tertiary/aromatic N) is 4. The molecule has 21 heteroatoms. The third kappa shape index (κ3) is 15.8. The number of para-hydroxylation sites is 4. The number of nitriles is 2. The summed E-state index contributed by atoms with van der Waals surface area (Å²) in [4.78, 5) is 99.8. The van der Waals surface area contributed by atoms with Crippen molar-refractivity contribution in [3.63, 3.8) is 0 Å². The first-order valence-corrected chi connectivity index (χ1v) is 27.0. The Hall–Kier alpha value is -9.11. The normalized spacial score (nSPS) is 16.9. The lowest BCUT2D eigenvalue weighted by molar-refractivity contribution is -0.128. The molecule has 2 fully saturated rings. The molecule has 6 atom stereocenters. The second-order valence-corrected chi connectivity index (χ2v) is 20.9. The van der Waals surface area contributed by atoms with Crippen molar-refractivity contribution in [2.24, 2.45) is 23.7 Å². The molecule has 2 saturated heterocycles. The quantitative estimate of drug-likeness (QED) is 0.0430. The number of hydrogen-bond donors (Lipinski definition) is 9. The summed E-state index contributed by atoms with van der Waals surface area (Å²) in [5, 5.41) is 44.1. The van der Waals surface area contributed by atoms with Gasteiger partial charge >= 0.3 is 12.1 Å². The molecule has 9 N–H and O–H groups in total. The number of H-pyrrole nitrogens is 2. The molecule has 0 spiro atoms. The number of carbonyl (C=O) groups is 7. The Morgan fingerprint density at radius 3 is 1.51 bits per heavy atom. The SMILES string of the molecule is CC(C)C[C@H](NC(=O)OCC1c2ccccc2-c2ccccc21)C(=O)N[C@H](C#N)C[C@@H]1CCCNC1=O.CC(C)C[C@H](NC(=O)c1nc2ccccc2[nH]1)C(=O)N[C@H](C#N)C[C@@H]1CCCNC1=O.O=C(O)c1nc2ccccc2[nH]1. The Morgan fingerprint density at radius 2 is 1.06 bits per heavy atom. The second-order valence-electron chi connectivity index (χ2n) is 20.9. The molecule has 6 amide bonds. The van der Waals surface area contributed by atoms with Crippen molar-refractivity contribution in [2.45, 2.75) is 109 Å². The second kappa shape index (κ2) is 28.0. The molecule has 0 bridgehead atoms. The Kier molecular flexibility index (Phi) is 20.5. The number of nitrogens with one attached hydrogen (secondary N) is 8. The fourth-order valence-electron chi connectivity index (χ4n) is 10.1. The number of aromatic carboxylic acids is 1. The smallest absolute Gasteiger partial charge is 0.407 e. The van der Waals surface area contributed by atoms with Crippen molar-refractivity contribution in [1.82, 2.24) is 51.8 Å². The van der Waals surface area contributed by atoms with Gasteiger partial charge in [-0.25, -0.2) is 19.6 Å². The number of carboxylic acid groups (broad SMARTS) is 1. The van der Waals surface area contributed by atoms with Crippen LogP contribution in [-0.2, 0) is 23.9 Å². The van der Waals surface area contributed by atoms with E-state index in [4.69, 9.17) is 9.84 Å². The van der Waals surface area contributed by atoms with Crippen LogP contribution in [0.4, 0.5) is 4.79 Å². The van der Waals surface area contributed by atoms with Crippen molar-refractivity contribution in [1.29, 1.82) is 10.5 Å². The van der Waals surface area contributed by atoms with E-state index in [0.717, 1.165) is 46.1 Å². The van der Waals surface area contributed by atoms with Crippen LogP contribution in [0.1, 0.15) is 117 Å². The first-order chi connectivity index (χ1) is 38.5. The molecule has 0 saturated carbocycles. The molecule has 4 aromatic carbocycles. The van der Waals surface area contributed by atoms with E-state index in [9.17, 15) is 44.1 Å². The van der Waals surface area contributed by atoms with Crippen LogP contribution in [0.2, 0.25) is 0 Å². The number of rotatable bonds is 18. The molecule has 418 valence electrons. The van der Waals surface area contributed by atoms with Gasteiger partial charge in [0, 0.05) is 30.8 Å². The zero-order chi connectivity index (χ0) is 57.3. The minimum absolute atomic E-state index is 0.0174. The zero-order valence-electron chi connectivity index (χ0n) is 45.2. The number of aromatic amines is 2. The van der Waals surface area contributed by atoms with Gasteiger partial charge in [0.15, 0.2) is 5.82 Å². The zero-order valence-corrected chi connectivity index (χ0v) is 45.2. The summed E-state index contributed by atoms with van der Waals surface area (Å²) in [6.07, 6.45) is 3.69. The van der Waals surface area contributed by atoms with Gasteiger partial charge in [0.1, 0.15) is 30.8 Å². The van der Waals surface area contributed by atoms with Gasteiger partial charge in [-0.1, -0.05) is 100 Å². The molecule has 80 heavy (non-hydrogen) atoms. The van der Waals surface area contributed by atoms with E-state index in [1.54, 1.807) is 18.2 Å². The van der Waals surface area contributed by atoms with Crippen LogP contribution >= 0.6 is 0 Å². The Labute approximate surface area is 463 Å². The molecule has 9 rings (SSSR count). The topological polar surface area (TPSA) is 326 Å². The Balaban J connectivity index is 0.000000193. The maximum atomic E-state index is 13.1. The molecule has 2 aliphatic heterocycles.